The minimum atomic E-state index is -0.520. The summed E-state index contributed by atoms with van der Waals surface area (Å²) >= 11 is 0. The monoisotopic (exact) mass is 162 g/mol. The van der Waals surface area contributed by atoms with Gasteiger partial charge in [-0.25, -0.2) is 0 Å². The van der Waals surface area contributed by atoms with Crippen LogP contribution in [0.1, 0.15) is 17.2 Å². The van der Waals surface area contributed by atoms with Crippen molar-refractivity contribution < 1.29 is 9.84 Å². The molecule has 2 heteroatoms. The summed E-state index contributed by atoms with van der Waals surface area (Å²) in [6.07, 6.45) is 2.62. The maximum absolute atomic E-state index is 9.52. The molecule has 1 aliphatic heterocycles. The summed E-state index contributed by atoms with van der Waals surface area (Å²) in [7, 11) is 0. The van der Waals surface area contributed by atoms with Gasteiger partial charge in [-0.05, 0) is 25.1 Å². The first-order valence-corrected chi connectivity index (χ1v) is 3.89. The van der Waals surface area contributed by atoms with Gasteiger partial charge in [-0.2, -0.15) is 0 Å². The van der Waals surface area contributed by atoms with Crippen molar-refractivity contribution in [3.63, 3.8) is 0 Å². The number of aryl methyl sites for hydroxylation is 1. The summed E-state index contributed by atoms with van der Waals surface area (Å²) in [6, 6.07) is 5.77. The number of hydrogen-bond donors (Lipinski definition) is 1. The van der Waals surface area contributed by atoms with Gasteiger partial charge in [-0.3, -0.25) is 0 Å². The number of benzene rings is 1. The Morgan fingerprint density at radius 3 is 3.08 bits per heavy atom. The van der Waals surface area contributed by atoms with Crippen molar-refractivity contribution in [2.75, 3.05) is 0 Å². The van der Waals surface area contributed by atoms with Gasteiger partial charge in [0.05, 0.1) is 6.26 Å². The third-order valence-corrected chi connectivity index (χ3v) is 1.94. The average molecular weight is 162 g/mol. The molecule has 0 saturated carbocycles. The molecule has 1 atom stereocenters. The van der Waals surface area contributed by atoms with Crippen LogP contribution in [0.4, 0.5) is 0 Å². The van der Waals surface area contributed by atoms with Crippen LogP contribution in [0.5, 0.6) is 5.75 Å². The molecule has 1 heterocycles. The van der Waals surface area contributed by atoms with E-state index in [-0.39, 0.29) is 0 Å². The summed E-state index contributed by atoms with van der Waals surface area (Å²) in [5.41, 5.74) is 1.98. The standard InChI is InChI=1S/C10H10O2/c1-7-2-3-10-8(6-7)9(11)4-5-12-10/h2-6,9,11H,1H3. The summed E-state index contributed by atoms with van der Waals surface area (Å²) in [6.45, 7) is 1.99. The lowest BCUT2D eigenvalue weighted by Gasteiger charge is -2.16. The molecule has 0 amide bonds. The molecule has 0 fully saturated rings. The van der Waals surface area contributed by atoms with Gasteiger partial charge in [0.1, 0.15) is 11.9 Å². The van der Waals surface area contributed by atoms with E-state index in [2.05, 4.69) is 0 Å². The quantitative estimate of drug-likeness (QED) is 0.631. The Labute approximate surface area is 71.1 Å². The van der Waals surface area contributed by atoms with Crippen LogP contribution in [0.25, 0.3) is 0 Å². The van der Waals surface area contributed by atoms with Crippen LogP contribution >= 0.6 is 0 Å². The highest BCUT2D eigenvalue weighted by molar-refractivity contribution is 5.42. The minimum Gasteiger partial charge on any atom is -0.465 e. The molecular formula is C10H10O2. The number of ether oxygens (including phenoxy) is 1. The van der Waals surface area contributed by atoms with E-state index in [4.69, 9.17) is 4.74 Å². The normalized spacial score (nSPS) is 20.0. The first-order valence-electron chi connectivity index (χ1n) is 3.89. The number of hydrogen-bond acceptors (Lipinski definition) is 2. The highest BCUT2D eigenvalue weighted by Gasteiger charge is 2.14. The fourth-order valence-corrected chi connectivity index (χ4v) is 1.30. The van der Waals surface area contributed by atoms with E-state index in [9.17, 15) is 5.11 Å². The van der Waals surface area contributed by atoms with Crippen LogP contribution in [-0.2, 0) is 0 Å². The molecule has 0 saturated heterocycles. The molecule has 0 spiro atoms. The van der Waals surface area contributed by atoms with Gasteiger partial charge < -0.3 is 9.84 Å². The van der Waals surface area contributed by atoms with Crippen molar-refractivity contribution in [3.8, 4) is 5.75 Å². The molecule has 0 aromatic heterocycles. The van der Waals surface area contributed by atoms with Gasteiger partial charge in [-0.1, -0.05) is 11.6 Å². The van der Waals surface area contributed by atoms with Crippen LogP contribution < -0.4 is 4.74 Å². The van der Waals surface area contributed by atoms with Gasteiger partial charge >= 0.3 is 0 Å². The predicted molar refractivity (Wildman–Crippen MR) is 45.9 cm³/mol. The third kappa shape index (κ3) is 1.10. The van der Waals surface area contributed by atoms with Gasteiger partial charge in [0, 0.05) is 5.56 Å². The Morgan fingerprint density at radius 2 is 2.25 bits per heavy atom. The molecule has 62 valence electrons. The molecule has 1 aliphatic rings. The third-order valence-electron chi connectivity index (χ3n) is 1.94. The number of aliphatic hydroxyl groups excluding tert-OH is 1. The fraction of sp³-hybridized carbons (Fsp3) is 0.200. The number of aliphatic hydroxyl groups is 1. The smallest absolute Gasteiger partial charge is 0.132 e. The van der Waals surface area contributed by atoms with Crippen molar-refractivity contribution >= 4 is 0 Å². The van der Waals surface area contributed by atoms with Gasteiger partial charge in [0.15, 0.2) is 0 Å². The number of fused-ring (bicyclic) bond motifs is 1. The van der Waals surface area contributed by atoms with E-state index in [1.807, 2.05) is 25.1 Å². The van der Waals surface area contributed by atoms with Crippen molar-refractivity contribution in [1.82, 2.24) is 0 Å². The summed E-state index contributed by atoms with van der Waals surface area (Å²) in [5.74, 6) is 0.746. The highest BCUT2D eigenvalue weighted by Crippen LogP contribution is 2.30. The van der Waals surface area contributed by atoms with Crippen LogP contribution in [-0.4, -0.2) is 5.11 Å². The Kier molecular flexibility index (Phi) is 1.62. The zero-order chi connectivity index (χ0) is 8.55. The van der Waals surface area contributed by atoms with E-state index in [0.29, 0.717) is 0 Å². The Balaban J connectivity index is 2.52. The molecule has 1 aromatic carbocycles. The van der Waals surface area contributed by atoms with E-state index in [1.165, 1.54) is 6.26 Å². The average Bonchev–Trinajstić information content (AvgIpc) is 2.07. The molecule has 0 bridgehead atoms. The molecule has 1 aromatic rings. The number of rotatable bonds is 0. The second-order valence-electron chi connectivity index (χ2n) is 2.93. The van der Waals surface area contributed by atoms with Crippen LogP contribution in [0, 0.1) is 6.92 Å². The van der Waals surface area contributed by atoms with Gasteiger partial charge in [0.25, 0.3) is 0 Å². The molecule has 2 rings (SSSR count). The zero-order valence-electron chi connectivity index (χ0n) is 6.82. The van der Waals surface area contributed by atoms with Crippen molar-refractivity contribution in [1.29, 1.82) is 0 Å². The first kappa shape index (κ1) is 7.37. The van der Waals surface area contributed by atoms with Crippen molar-refractivity contribution in [2.45, 2.75) is 13.0 Å². The zero-order valence-corrected chi connectivity index (χ0v) is 6.82. The fourth-order valence-electron chi connectivity index (χ4n) is 1.30. The largest absolute Gasteiger partial charge is 0.465 e. The maximum Gasteiger partial charge on any atom is 0.132 e. The molecule has 2 nitrogen and oxygen atoms in total. The molecule has 0 aliphatic carbocycles. The van der Waals surface area contributed by atoms with Crippen LogP contribution in [0.2, 0.25) is 0 Å². The second kappa shape index (κ2) is 2.64. The Bertz CT molecular complexity index is 329. The molecule has 12 heavy (non-hydrogen) atoms. The van der Waals surface area contributed by atoms with Gasteiger partial charge in [-0.15, -0.1) is 0 Å². The Morgan fingerprint density at radius 1 is 1.42 bits per heavy atom. The van der Waals surface area contributed by atoms with E-state index >= 15 is 0 Å². The molecule has 0 radical (unpaired) electrons. The summed E-state index contributed by atoms with van der Waals surface area (Å²) in [5, 5.41) is 9.52. The highest BCUT2D eigenvalue weighted by atomic mass is 16.5. The molecule has 1 N–H and O–H groups in total. The summed E-state index contributed by atoms with van der Waals surface area (Å²) < 4.78 is 5.21. The second-order valence-corrected chi connectivity index (χ2v) is 2.93. The van der Waals surface area contributed by atoms with Crippen LogP contribution in [0.3, 0.4) is 0 Å². The topological polar surface area (TPSA) is 29.5 Å². The first-order chi connectivity index (χ1) is 5.77. The maximum atomic E-state index is 9.52. The van der Waals surface area contributed by atoms with Crippen LogP contribution in [0.15, 0.2) is 30.5 Å². The lowest BCUT2D eigenvalue weighted by molar-refractivity contribution is 0.213. The lowest BCUT2D eigenvalue weighted by Crippen LogP contribution is -2.02. The van der Waals surface area contributed by atoms with E-state index in [1.54, 1.807) is 6.08 Å². The van der Waals surface area contributed by atoms with Gasteiger partial charge in [0.2, 0.25) is 0 Å². The van der Waals surface area contributed by atoms with E-state index in [0.717, 1.165) is 16.9 Å². The molecule has 1 unspecified atom stereocenters. The Hall–Kier alpha value is -1.28. The predicted octanol–water partition coefficient (Wildman–Crippen LogP) is 1.93. The molecular weight excluding hydrogens is 152 g/mol. The summed E-state index contributed by atoms with van der Waals surface area (Å²) in [4.78, 5) is 0. The van der Waals surface area contributed by atoms with E-state index < -0.39 is 6.10 Å². The SMILES string of the molecule is Cc1ccc2c(c1)C(O)C=CO2. The minimum absolute atomic E-state index is 0.520. The van der Waals surface area contributed by atoms with Crippen molar-refractivity contribution in [2.24, 2.45) is 0 Å². The van der Waals surface area contributed by atoms with Crippen molar-refractivity contribution in [3.05, 3.63) is 41.7 Å². The lowest BCUT2D eigenvalue weighted by atomic mass is 10.0.